The quantitative estimate of drug-likeness (QED) is 0.665. The average Bonchev–Trinajstić information content (AvgIpc) is 2.24. The number of hydrogen-bond donors (Lipinski definition) is 0. The largest absolute Gasteiger partial charge is 0.379 e. The van der Waals surface area contributed by atoms with Crippen molar-refractivity contribution in [2.75, 3.05) is 32.6 Å². The van der Waals surface area contributed by atoms with E-state index in [4.69, 9.17) is 4.74 Å². The fourth-order valence-electron chi connectivity index (χ4n) is 1.65. The van der Waals surface area contributed by atoms with E-state index in [1.807, 2.05) is 0 Å². The summed E-state index contributed by atoms with van der Waals surface area (Å²) in [4.78, 5) is 2.17. The topological polar surface area (TPSA) is 46.6 Å². The molecule has 15 heavy (non-hydrogen) atoms. The molecule has 1 fully saturated rings. The number of ether oxygens (including phenoxy) is 1. The Morgan fingerprint density at radius 2 is 1.93 bits per heavy atom. The standard InChI is InChI=1S/C10H21NO3S/c1-10(2,3)11-5-6-14-8-9(7-11)15(4,12)13/h9H,5-8H2,1-4H3. The second-order valence-electron chi connectivity index (χ2n) is 5.14. The summed E-state index contributed by atoms with van der Waals surface area (Å²) in [6.45, 7) is 8.60. The zero-order valence-corrected chi connectivity index (χ0v) is 10.8. The Morgan fingerprint density at radius 3 is 2.40 bits per heavy atom. The molecule has 0 amide bonds. The highest BCUT2D eigenvalue weighted by atomic mass is 32.2. The fourth-order valence-corrected chi connectivity index (χ4v) is 2.44. The molecule has 1 rings (SSSR count). The van der Waals surface area contributed by atoms with Gasteiger partial charge in [-0.15, -0.1) is 0 Å². The van der Waals surface area contributed by atoms with Gasteiger partial charge in [0.2, 0.25) is 0 Å². The zero-order valence-electron chi connectivity index (χ0n) is 9.99. The lowest BCUT2D eigenvalue weighted by molar-refractivity contribution is 0.110. The van der Waals surface area contributed by atoms with E-state index in [0.717, 1.165) is 6.54 Å². The van der Waals surface area contributed by atoms with Crippen LogP contribution in [0.15, 0.2) is 0 Å². The van der Waals surface area contributed by atoms with Crippen LogP contribution in [0.5, 0.6) is 0 Å². The summed E-state index contributed by atoms with van der Waals surface area (Å²) >= 11 is 0. The minimum atomic E-state index is -3.01. The van der Waals surface area contributed by atoms with E-state index in [0.29, 0.717) is 19.8 Å². The van der Waals surface area contributed by atoms with Crippen molar-refractivity contribution in [3.05, 3.63) is 0 Å². The first kappa shape index (κ1) is 12.9. The van der Waals surface area contributed by atoms with Gasteiger partial charge in [-0.25, -0.2) is 8.42 Å². The predicted molar refractivity (Wildman–Crippen MR) is 60.8 cm³/mol. The maximum Gasteiger partial charge on any atom is 0.153 e. The molecule has 90 valence electrons. The summed E-state index contributed by atoms with van der Waals surface area (Å²) in [5.41, 5.74) is -0.00333. The van der Waals surface area contributed by atoms with E-state index in [2.05, 4.69) is 25.7 Å². The lowest BCUT2D eigenvalue weighted by Crippen LogP contribution is -2.47. The van der Waals surface area contributed by atoms with Gasteiger partial charge in [0.25, 0.3) is 0 Å². The van der Waals surface area contributed by atoms with Crippen molar-refractivity contribution in [3.8, 4) is 0 Å². The van der Waals surface area contributed by atoms with Crippen LogP contribution in [0.4, 0.5) is 0 Å². The molecule has 1 heterocycles. The third-order valence-corrected chi connectivity index (χ3v) is 4.28. The maximum atomic E-state index is 11.5. The van der Waals surface area contributed by atoms with Crippen LogP contribution < -0.4 is 0 Å². The molecular weight excluding hydrogens is 214 g/mol. The van der Waals surface area contributed by atoms with Crippen molar-refractivity contribution in [1.29, 1.82) is 0 Å². The van der Waals surface area contributed by atoms with E-state index in [1.54, 1.807) is 0 Å². The molecule has 1 unspecified atom stereocenters. The van der Waals surface area contributed by atoms with E-state index in [1.165, 1.54) is 6.26 Å². The molecule has 1 aliphatic heterocycles. The first-order valence-corrected chi connectivity index (χ1v) is 7.18. The van der Waals surface area contributed by atoms with E-state index in [-0.39, 0.29) is 10.8 Å². The molecule has 0 aromatic heterocycles. The Balaban J connectivity index is 2.79. The summed E-state index contributed by atoms with van der Waals surface area (Å²) < 4.78 is 28.3. The molecule has 0 N–H and O–H groups in total. The monoisotopic (exact) mass is 235 g/mol. The van der Waals surface area contributed by atoms with Gasteiger partial charge in [0.05, 0.1) is 18.5 Å². The van der Waals surface area contributed by atoms with Crippen LogP contribution in [0.3, 0.4) is 0 Å². The molecule has 0 bridgehead atoms. The smallest absolute Gasteiger partial charge is 0.153 e. The van der Waals surface area contributed by atoms with Crippen molar-refractivity contribution < 1.29 is 13.2 Å². The molecule has 0 aliphatic carbocycles. The predicted octanol–water partition coefficient (Wildman–Crippen LogP) is 0.530. The van der Waals surface area contributed by atoms with Crippen LogP contribution in [0.25, 0.3) is 0 Å². The number of sulfone groups is 1. The summed E-state index contributed by atoms with van der Waals surface area (Å²) in [6.07, 6.45) is 1.28. The molecule has 0 aromatic carbocycles. The van der Waals surface area contributed by atoms with Crippen molar-refractivity contribution in [3.63, 3.8) is 0 Å². The molecule has 5 heteroatoms. The molecule has 1 aliphatic rings. The molecular formula is C10H21NO3S. The zero-order chi connectivity index (χ0) is 11.7. The van der Waals surface area contributed by atoms with Gasteiger partial charge in [-0.3, -0.25) is 4.90 Å². The van der Waals surface area contributed by atoms with Gasteiger partial charge < -0.3 is 4.74 Å². The van der Waals surface area contributed by atoms with Crippen molar-refractivity contribution in [1.82, 2.24) is 4.90 Å². The Morgan fingerprint density at radius 1 is 1.33 bits per heavy atom. The second-order valence-corrected chi connectivity index (χ2v) is 7.47. The second kappa shape index (κ2) is 4.39. The third kappa shape index (κ3) is 3.74. The summed E-state index contributed by atoms with van der Waals surface area (Å²) in [5, 5.41) is -0.390. The molecule has 1 atom stereocenters. The SMILES string of the molecule is CC(C)(C)N1CCOCC(S(C)(=O)=O)C1. The van der Waals surface area contributed by atoms with Gasteiger partial charge in [0.15, 0.2) is 9.84 Å². The Labute approximate surface area is 92.5 Å². The summed E-state index contributed by atoms with van der Waals surface area (Å²) in [7, 11) is -3.01. The Hall–Kier alpha value is -0.130. The highest BCUT2D eigenvalue weighted by Gasteiger charge is 2.31. The number of nitrogens with zero attached hydrogens (tertiary/aromatic N) is 1. The van der Waals surface area contributed by atoms with E-state index < -0.39 is 9.84 Å². The third-order valence-electron chi connectivity index (χ3n) is 2.79. The first-order chi connectivity index (χ1) is 6.71. The van der Waals surface area contributed by atoms with Crippen LogP contribution >= 0.6 is 0 Å². The Bertz CT molecular complexity index is 305. The van der Waals surface area contributed by atoms with Gasteiger partial charge in [-0.05, 0) is 20.8 Å². The van der Waals surface area contributed by atoms with Gasteiger partial charge in [-0.1, -0.05) is 0 Å². The Kier molecular flexibility index (Phi) is 3.79. The van der Waals surface area contributed by atoms with Gasteiger partial charge in [-0.2, -0.15) is 0 Å². The van der Waals surface area contributed by atoms with E-state index in [9.17, 15) is 8.42 Å². The fraction of sp³-hybridized carbons (Fsp3) is 1.00. The van der Waals surface area contributed by atoms with Crippen molar-refractivity contribution in [2.45, 2.75) is 31.6 Å². The molecule has 0 aromatic rings. The normalized spacial score (nSPS) is 26.3. The van der Waals surface area contributed by atoms with Gasteiger partial charge >= 0.3 is 0 Å². The van der Waals surface area contributed by atoms with Crippen LogP contribution in [0.1, 0.15) is 20.8 Å². The average molecular weight is 235 g/mol. The molecule has 1 saturated heterocycles. The van der Waals surface area contributed by atoms with Crippen LogP contribution in [-0.4, -0.2) is 56.7 Å². The van der Waals surface area contributed by atoms with Crippen molar-refractivity contribution in [2.24, 2.45) is 0 Å². The molecule has 0 saturated carbocycles. The van der Waals surface area contributed by atoms with Gasteiger partial charge in [0.1, 0.15) is 0 Å². The number of rotatable bonds is 1. The first-order valence-electron chi connectivity index (χ1n) is 5.23. The van der Waals surface area contributed by atoms with E-state index >= 15 is 0 Å². The molecule has 4 nitrogen and oxygen atoms in total. The highest BCUT2D eigenvalue weighted by molar-refractivity contribution is 7.91. The van der Waals surface area contributed by atoms with Crippen LogP contribution in [-0.2, 0) is 14.6 Å². The summed E-state index contributed by atoms with van der Waals surface area (Å²) in [5.74, 6) is 0. The maximum absolute atomic E-state index is 11.5. The van der Waals surface area contributed by atoms with Crippen molar-refractivity contribution >= 4 is 9.84 Å². The van der Waals surface area contributed by atoms with Gasteiger partial charge in [0, 0.05) is 24.9 Å². The lowest BCUT2D eigenvalue weighted by atomic mass is 10.1. The highest BCUT2D eigenvalue weighted by Crippen LogP contribution is 2.17. The number of hydrogen-bond acceptors (Lipinski definition) is 4. The molecule has 0 radical (unpaired) electrons. The van der Waals surface area contributed by atoms with Crippen LogP contribution in [0, 0.1) is 0 Å². The summed E-state index contributed by atoms with van der Waals surface area (Å²) in [6, 6.07) is 0. The molecule has 0 spiro atoms. The van der Waals surface area contributed by atoms with Crippen LogP contribution in [0.2, 0.25) is 0 Å². The minimum Gasteiger partial charge on any atom is -0.379 e. The minimum absolute atomic E-state index is 0.00333. The lowest BCUT2D eigenvalue weighted by Gasteiger charge is -2.35.